The molecule has 1 aliphatic carbocycles. The van der Waals surface area contributed by atoms with E-state index in [4.69, 9.17) is 5.11 Å². The van der Waals surface area contributed by atoms with Crippen molar-refractivity contribution in [3.05, 3.63) is 28.7 Å². The van der Waals surface area contributed by atoms with Crippen LogP contribution in [-0.4, -0.2) is 27.5 Å². The van der Waals surface area contributed by atoms with Gasteiger partial charge in [-0.15, -0.1) is 11.8 Å². The maximum Gasteiger partial charge on any atom is 0.320 e. The molecular formula is C11H11BrO3S. The number of aliphatic hydroxyl groups excluding tert-OH is 1. The number of thioether (sulfide) groups is 1. The van der Waals surface area contributed by atoms with Crippen molar-refractivity contribution < 1.29 is 15.0 Å². The summed E-state index contributed by atoms with van der Waals surface area (Å²) >= 11 is 4.67. The lowest BCUT2D eigenvalue weighted by Crippen LogP contribution is -2.21. The Morgan fingerprint density at radius 1 is 1.62 bits per heavy atom. The third-order valence-corrected chi connectivity index (χ3v) is 4.75. The maximum atomic E-state index is 11.2. The molecule has 1 aromatic rings. The number of carboxylic acid groups (broad SMARTS) is 1. The molecule has 0 aromatic heterocycles. The minimum atomic E-state index is -0.837. The molecule has 2 atom stereocenters. The molecule has 2 rings (SSSR count). The number of carbonyl (C=O) groups is 1. The zero-order valence-corrected chi connectivity index (χ0v) is 10.8. The molecule has 2 N–H and O–H groups in total. The van der Waals surface area contributed by atoms with E-state index < -0.39 is 10.7 Å². The van der Waals surface area contributed by atoms with Crippen LogP contribution in [-0.2, 0) is 4.79 Å². The van der Waals surface area contributed by atoms with Crippen LogP contribution in [0.25, 0.3) is 0 Å². The van der Waals surface area contributed by atoms with Gasteiger partial charge in [0.1, 0.15) is 4.75 Å². The van der Waals surface area contributed by atoms with Gasteiger partial charge in [-0.05, 0) is 24.6 Å². The molecule has 86 valence electrons. The molecule has 1 aromatic carbocycles. The highest BCUT2D eigenvalue weighted by atomic mass is 79.9. The van der Waals surface area contributed by atoms with E-state index in [0.717, 1.165) is 9.37 Å². The van der Waals surface area contributed by atoms with Crippen molar-refractivity contribution in [1.29, 1.82) is 0 Å². The highest BCUT2D eigenvalue weighted by molar-refractivity contribution is 9.10. The quantitative estimate of drug-likeness (QED) is 0.896. The van der Waals surface area contributed by atoms with Crippen LogP contribution in [0.1, 0.15) is 6.42 Å². The number of benzene rings is 1. The Kier molecular flexibility index (Phi) is 3.28. The second-order valence-electron chi connectivity index (χ2n) is 3.84. The normalized spacial score (nSPS) is 27.8. The fourth-order valence-electron chi connectivity index (χ4n) is 1.69. The van der Waals surface area contributed by atoms with Crippen molar-refractivity contribution in [2.24, 2.45) is 5.92 Å². The van der Waals surface area contributed by atoms with Gasteiger partial charge in [0, 0.05) is 21.9 Å². The van der Waals surface area contributed by atoms with Gasteiger partial charge in [-0.2, -0.15) is 0 Å². The highest BCUT2D eigenvalue weighted by Crippen LogP contribution is 2.56. The first-order valence-corrected chi connectivity index (χ1v) is 6.48. The Balaban J connectivity index is 2.17. The smallest absolute Gasteiger partial charge is 0.320 e. The molecule has 2 unspecified atom stereocenters. The first-order valence-electron chi connectivity index (χ1n) is 4.87. The molecule has 1 aliphatic rings. The first kappa shape index (κ1) is 12.0. The summed E-state index contributed by atoms with van der Waals surface area (Å²) in [7, 11) is 0. The standard InChI is InChI=1S/C11H11BrO3S/c12-8-2-1-3-9(4-8)16-11(10(14)15)5-7(11)6-13/h1-4,7,13H,5-6H2,(H,14,15). The van der Waals surface area contributed by atoms with Gasteiger partial charge in [-0.1, -0.05) is 22.0 Å². The fraction of sp³-hybridized carbons (Fsp3) is 0.364. The van der Waals surface area contributed by atoms with Crippen LogP contribution >= 0.6 is 27.7 Å². The summed E-state index contributed by atoms with van der Waals surface area (Å²) in [5.41, 5.74) is 0. The maximum absolute atomic E-state index is 11.2. The van der Waals surface area contributed by atoms with Gasteiger partial charge in [0.15, 0.2) is 0 Å². The molecular weight excluding hydrogens is 292 g/mol. The molecule has 1 fully saturated rings. The molecule has 0 spiro atoms. The van der Waals surface area contributed by atoms with E-state index in [1.165, 1.54) is 11.8 Å². The molecule has 3 nitrogen and oxygen atoms in total. The van der Waals surface area contributed by atoms with Gasteiger partial charge >= 0.3 is 5.97 Å². The predicted molar refractivity (Wildman–Crippen MR) is 65.6 cm³/mol. The van der Waals surface area contributed by atoms with Gasteiger partial charge in [0.05, 0.1) is 0 Å². The number of halogens is 1. The molecule has 0 heterocycles. The molecule has 0 aliphatic heterocycles. The zero-order valence-electron chi connectivity index (χ0n) is 8.39. The van der Waals surface area contributed by atoms with Crippen LogP contribution in [0.2, 0.25) is 0 Å². The van der Waals surface area contributed by atoms with Crippen molar-refractivity contribution in [2.45, 2.75) is 16.1 Å². The van der Waals surface area contributed by atoms with Gasteiger partial charge in [-0.25, -0.2) is 0 Å². The van der Waals surface area contributed by atoms with Crippen LogP contribution in [0.15, 0.2) is 33.6 Å². The van der Waals surface area contributed by atoms with Gasteiger partial charge < -0.3 is 10.2 Å². The zero-order chi connectivity index (χ0) is 11.8. The number of hydrogen-bond donors (Lipinski definition) is 2. The Morgan fingerprint density at radius 2 is 2.38 bits per heavy atom. The van der Waals surface area contributed by atoms with Crippen molar-refractivity contribution in [1.82, 2.24) is 0 Å². The monoisotopic (exact) mass is 302 g/mol. The second kappa shape index (κ2) is 4.39. The third-order valence-electron chi connectivity index (χ3n) is 2.73. The summed E-state index contributed by atoms with van der Waals surface area (Å²) in [5, 5.41) is 18.2. The van der Waals surface area contributed by atoms with E-state index in [1.807, 2.05) is 24.3 Å². The number of rotatable bonds is 4. The summed E-state index contributed by atoms with van der Waals surface area (Å²) in [6.45, 7) is -0.0622. The Hall–Kier alpha value is -0.520. The van der Waals surface area contributed by atoms with Gasteiger partial charge in [-0.3, -0.25) is 4.79 Å². The Morgan fingerprint density at radius 3 is 2.88 bits per heavy atom. The summed E-state index contributed by atoms with van der Waals surface area (Å²) in [6, 6.07) is 7.54. The summed E-state index contributed by atoms with van der Waals surface area (Å²) < 4.78 is 0.106. The molecule has 1 saturated carbocycles. The average Bonchev–Trinajstić information content (AvgIpc) is 2.93. The lowest BCUT2D eigenvalue weighted by atomic mass is 10.3. The molecule has 5 heteroatoms. The summed E-state index contributed by atoms with van der Waals surface area (Å²) in [5.74, 6) is -0.967. The molecule has 0 saturated heterocycles. The minimum absolute atomic E-state index is 0.0622. The van der Waals surface area contributed by atoms with Crippen LogP contribution in [0.3, 0.4) is 0 Å². The number of hydrogen-bond acceptors (Lipinski definition) is 3. The second-order valence-corrected chi connectivity index (χ2v) is 6.16. The van der Waals surface area contributed by atoms with E-state index in [9.17, 15) is 9.90 Å². The number of carboxylic acids is 1. The largest absolute Gasteiger partial charge is 0.480 e. The SMILES string of the molecule is O=C(O)C1(Sc2cccc(Br)c2)CC1CO. The average molecular weight is 303 g/mol. The Labute approximate surface area is 106 Å². The summed E-state index contributed by atoms with van der Waals surface area (Å²) in [6.07, 6.45) is 0.538. The van der Waals surface area contributed by atoms with Crippen molar-refractivity contribution in [3.8, 4) is 0 Å². The topological polar surface area (TPSA) is 57.5 Å². The van der Waals surface area contributed by atoms with Crippen LogP contribution in [0.5, 0.6) is 0 Å². The van der Waals surface area contributed by atoms with E-state index >= 15 is 0 Å². The molecule has 0 radical (unpaired) electrons. The molecule has 0 amide bonds. The van der Waals surface area contributed by atoms with Crippen molar-refractivity contribution >= 4 is 33.7 Å². The first-order chi connectivity index (χ1) is 7.58. The van der Waals surface area contributed by atoms with Crippen molar-refractivity contribution in [3.63, 3.8) is 0 Å². The fourth-order valence-corrected chi connectivity index (χ4v) is 3.61. The highest BCUT2D eigenvalue weighted by Gasteiger charge is 2.61. The molecule has 16 heavy (non-hydrogen) atoms. The van der Waals surface area contributed by atoms with Gasteiger partial charge in [0.2, 0.25) is 0 Å². The molecule has 0 bridgehead atoms. The van der Waals surface area contributed by atoms with E-state index in [2.05, 4.69) is 15.9 Å². The Bertz CT molecular complexity index is 423. The van der Waals surface area contributed by atoms with E-state index in [0.29, 0.717) is 6.42 Å². The predicted octanol–water partition coefficient (Wildman–Crippen LogP) is 2.38. The van der Waals surface area contributed by atoms with Crippen LogP contribution in [0, 0.1) is 5.92 Å². The summed E-state index contributed by atoms with van der Waals surface area (Å²) in [4.78, 5) is 12.1. The van der Waals surface area contributed by atoms with Crippen LogP contribution < -0.4 is 0 Å². The third kappa shape index (κ3) is 2.12. The van der Waals surface area contributed by atoms with Gasteiger partial charge in [0.25, 0.3) is 0 Å². The lowest BCUT2D eigenvalue weighted by Gasteiger charge is -2.11. The van der Waals surface area contributed by atoms with Crippen LogP contribution in [0.4, 0.5) is 0 Å². The minimum Gasteiger partial charge on any atom is -0.480 e. The van der Waals surface area contributed by atoms with Crippen molar-refractivity contribution in [2.75, 3.05) is 6.61 Å². The number of aliphatic carboxylic acids is 1. The van der Waals surface area contributed by atoms with E-state index in [-0.39, 0.29) is 12.5 Å². The lowest BCUT2D eigenvalue weighted by molar-refractivity contribution is -0.137. The number of aliphatic hydroxyl groups is 1. The van der Waals surface area contributed by atoms with E-state index in [1.54, 1.807) is 0 Å².